The van der Waals surface area contributed by atoms with Crippen molar-refractivity contribution < 1.29 is 23.5 Å². The molecule has 0 unspecified atom stereocenters. The third-order valence-corrected chi connectivity index (χ3v) is 11.7. The lowest BCUT2D eigenvalue weighted by Gasteiger charge is -2.24. The number of amides is 2. The fourth-order valence-electron chi connectivity index (χ4n) is 8.02. The fraction of sp³-hybridized carbons (Fsp3) is 0.367. The van der Waals surface area contributed by atoms with E-state index in [-0.39, 0.29) is 24.1 Å². The van der Waals surface area contributed by atoms with Crippen LogP contribution in [-0.2, 0) is 16.0 Å². The first-order chi connectivity index (χ1) is 29.6. The van der Waals surface area contributed by atoms with Crippen LogP contribution in [0.1, 0.15) is 86.5 Å². The predicted octanol–water partition coefficient (Wildman–Crippen LogP) is 8.48. The Morgan fingerprint density at radius 1 is 0.852 bits per heavy atom. The number of anilines is 1. The van der Waals surface area contributed by atoms with Crippen LogP contribution in [0, 0.1) is 18.3 Å². The third kappa shape index (κ3) is 10.4. The van der Waals surface area contributed by atoms with E-state index in [1.54, 1.807) is 42.0 Å². The summed E-state index contributed by atoms with van der Waals surface area (Å²) in [7, 11) is 1.59. The largest absolute Gasteiger partial charge is 0.497 e. The van der Waals surface area contributed by atoms with Gasteiger partial charge in [-0.25, -0.2) is 4.58 Å². The first-order valence-corrected chi connectivity index (χ1v) is 21.7. The molecule has 2 amide bonds. The molecule has 0 saturated heterocycles. The van der Waals surface area contributed by atoms with Crippen LogP contribution in [0.25, 0.3) is 33.2 Å². The Hall–Kier alpha value is -6.12. The van der Waals surface area contributed by atoms with Crippen molar-refractivity contribution in [2.75, 3.05) is 51.3 Å². The first-order valence-electron chi connectivity index (χ1n) is 21.4. The van der Waals surface area contributed by atoms with Crippen molar-refractivity contribution in [3.8, 4) is 23.1 Å². The number of nitrogens with zero attached hydrogens (tertiary/aromatic N) is 4. The number of fused-ring (bicyclic) bond motifs is 3. The molecule has 61 heavy (non-hydrogen) atoms. The number of hydrogen-bond acceptors (Lipinski definition) is 7. The van der Waals surface area contributed by atoms with E-state index in [1.165, 1.54) is 0 Å². The lowest BCUT2D eigenvalue weighted by Crippen LogP contribution is -2.29. The zero-order valence-electron chi connectivity index (χ0n) is 35.9. The number of halogens is 1. The summed E-state index contributed by atoms with van der Waals surface area (Å²) >= 11 is 6.06. The lowest BCUT2D eigenvalue weighted by molar-refractivity contribution is -0.121. The van der Waals surface area contributed by atoms with Gasteiger partial charge in [-0.3, -0.25) is 19.0 Å². The maximum Gasteiger partial charge on any atom is 0.262 e. The molecule has 3 aromatic carbocycles. The number of methoxy groups -OCH3 is 1. The predicted molar refractivity (Wildman–Crippen MR) is 244 cm³/mol. The standard InChI is InChI=1S/C49H55ClN6O5/c1-6-54(7-2)37-19-22-39-43(32-51)42-28-36(20-24-45(42)61-46(39)29-37)55(8-3)27-13-9-10-14-47(57)52-25-11-12-26-53-48(58)31-40-33(4)56(44-23-21-38(60-5)30-41(40)44)49(59)34-15-17-35(50)18-16-34/h15-24,28-30H,6-14,25-27,31H2,1-5H3,(H-,52,53,57,58)/p+1. The summed E-state index contributed by atoms with van der Waals surface area (Å²) in [5, 5.41) is 19.4. The zero-order valence-corrected chi connectivity index (χ0v) is 36.7. The summed E-state index contributed by atoms with van der Waals surface area (Å²) in [6.07, 6.45) is 4.68. The van der Waals surface area contributed by atoms with E-state index < -0.39 is 0 Å². The maximum absolute atomic E-state index is 13.6. The topological polar surface area (TPSA) is 133 Å². The third-order valence-electron chi connectivity index (χ3n) is 11.4. The van der Waals surface area contributed by atoms with E-state index in [1.807, 2.05) is 37.3 Å². The van der Waals surface area contributed by atoms with Gasteiger partial charge < -0.3 is 24.7 Å². The summed E-state index contributed by atoms with van der Waals surface area (Å²) in [4.78, 5) is 41.6. The molecule has 2 heterocycles. The van der Waals surface area contributed by atoms with Crippen LogP contribution in [0.2, 0.25) is 5.02 Å². The maximum atomic E-state index is 13.6. The highest BCUT2D eigenvalue weighted by Gasteiger charge is 2.23. The molecule has 1 aromatic heterocycles. The van der Waals surface area contributed by atoms with Crippen LogP contribution >= 0.6 is 11.6 Å². The second kappa shape index (κ2) is 20.9. The molecule has 4 aromatic rings. The van der Waals surface area contributed by atoms with Gasteiger partial charge in [0.05, 0.1) is 30.7 Å². The van der Waals surface area contributed by atoms with Crippen LogP contribution in [0.15, 0.2) is 83.3 Å². The second-order valence-corrected chi connectivity index (χ2v) is 15.6. The first kappa shape index (κ1) is 44.4. The van der Waals surface area contributed by atoms with Crippen molar-refractivity contribution in [2.24, 2.45) is 0 Å². The van der Waals surface area contributed by atoms with Gasteiger partial charge in [0, 0.05) is 77.0 Å². The fourth-order valence-corrected chi connectivity index (χ4v) is 8.14. The molecule has 1 aliphatic carbocycles. The molecule has 0 bridgehead atoms. The second-order valence-electron chi connectivity index (χ2n) is 15.2. The van der Waals surface area contributed by atoms with Gasteiger partial charge in [0.1, 0.15) is 36.3 Å². The van der Waals surface area contributed by atoms with Gasteiger partial charge in [0.15, 0.2) is 0 Å². The van der Waals surface area contributed by atoms with E-state index in [0.717, 1.165) is 91.2 Å². The number of benzene rings is 4. The number of nitriles is 1. The van der Waals surface area contributed by atoms with Crippen molar-refractivity contribution in [3.05, 3.63) is 112 Å². The number of nitrogens with one attached hydrogen (secondary N) is 2. The van der Waals surface area contributed by atoms with E-state index >= 15 is 0 Å². The number of aromatic nitrogens is 1. The van der Waals surface area contributed by atoms with Gasteiger partial charge in [-0.2, -0.15) is 5.26 Å². The van der Waals surface area contributed by atoms with E-state index in [9.17, 15) is 19.6 Å². The van der Waals surface area contributed by atoms with Crippen molar-refractivity contribution >= 4 is 56.9 Å². The van der Waals surface area contributed by atoms with Crippen LogP contribution in [-0.4, -0.2) is 68.7 Å². The number of ether oxygens (including phenoxy) is 1. The van der Waals surface area contributed by atoms with Gasteiger partial charge in [-0.05, 0) is 126 Å². The summed E-state index contributed by atoms with van der Waals surface area (Å²) in [6, 6.07) is 26.8. The number of carbonyl (C=O) groups excluding carboxylic acids is 3. The number of hydrogen-bond donors (Lipinski definition) is 2. The van der Waals surface area contributed by atoms with Crippen molar-refractivity contribution in [3.63, 3.8) is 0 Å². The lowest BCUT2D eigenvalue weighted by atomic mass is 10.00. The number of carbonyl (C=O) groups is 3. The van der Waals surface area contributed by atoms with Crippen molar-refractivity contribution in [2.45, 2.75) is 72.6 Å². The Labute approximate surface area is 362 Å². The van der Waals surface area contributed by atoms with Gasteiger partial charge in [-0.15, -0.1) is 0 Å². The van der Waals surface area contributed by atoms with Crippen LogP contribution in [0.4, 0.5) is 5.69 Å². The molecule has 12 heteroatoms. The molecule has 318 valence electrons. The van der Waals surface area contributed by atoms with Crippen LogP contribution in [0.3, 0.4) is 0 Å². The molecule has 0 radical (unpaired) electrons. The molecule has 11 nitrogen and oxygen atoms in total. The Kier molecular flexibility index (Phi) is 15.2. The number of unbranched alkanes of at least 4 members (excludes halogenated alkanes) is 3. The van der Waals surface area contributed by atoms with E-state index in [4.69, 9.17) is 20.8 Å². The van der Waals surface area contributed by atoms with Gasteiger partial charge >= 0.3 is 0 Å². The Morgan fingerprint density at radius 2 is 1.59 bits per heavy atom. The number of rotatable bonds is 19. The molecular weight excluding hydrogens is 788 g/mol. The van der Waals surface area contributed by atoms with Crippen LogP contribution < -0.4 is 30.2 Å². The highest BCUT2D eigenvalue weighted by atomic mass is 35.5. The van der Waals surface area contributed by atoms with Gasteiger partial charge in [0.25, 0.3) is 5.91 Å². The van der Waals surface area contributed by atoms with Crippen LogP contribution in [0.5, 0.6) is 5.75 Å². The summed E-state index contributed by atoms with van der Waals surface area (Å²) in [5.41, 5.74) is 5.82. The SMILES string of the molecule is CCN(CCCCCC(=O)NCCCCNC(=O)Cc1c(C)n(C(=O)c2ccc(Cl)cc2)c2ccc(OC)cc12)c1ccc2oc3cc(=[N+](CC)CC)ccc-3c(C#N)c2c1. The van der Waals surface area contributed by atoms with Gasteiger partial charge in [-0.1, -0.05) is 18.0 Å². The quantitative estimate of drug-likeness (QED) is 0.0475. The molecule has 2 N–H and O–H groups in total. The minimum Gasteiger partial charge on any atom is -0.497 e. The smallest absolute Gasteiger partial charge is 0.262 e. The summed E-state index contributed by atoms with van der Waals surface area (Å²) in [6.45, 7) is 12.7. The molecule has 0 atom stereocenters. The molecule has 2 aliphatic rings. The monoisotopic (exact) mass is 843 g/mol. The molecule has 0 saturated carbocycles. The highest BCUT2D eigenvalue weighted by Crippen LogP contribution is 2.35. The Balaban J connectivity index is 0.925. The Morgan fingerprint density at radius 3 is 2.28 bits per heavy atom. The molecule has 1 aliphatic heterocycles. The minimum absolute atomic E-state index is 0.0329. The van der Waals surface area contributed by atoms with E-state index in [2.05, 4.69) is 65.1 Å². The van der Waals surface area contributed by atoms with Crippen molar-refractivity contribution in [1.29, 1.82) is 5.26 Å². The molecule has 6 rings (SSSR count). The molecular formula is C49H56ClN6O5+. The summed E-state index contributed by atoms with van der Waals surface area (Å²) in [5.74, 6) is 1.03. The minimum atomic E-state index is -0.203. The Bertz CT molecular complexity index is 2600. The normalized spacial score (nSPS) is 11.2. The highest BCUT2D eigenvalue weighted by molar-refractivity contribution is 6.30. The average molecular weight is 844 g/mol. The molecule has 0 fully saturated rings. The van der Waals surface area contributed by atoms with E-state index in [0.29, 0.717) is 64.0 Å². The average Bonchev–Trinajstić information content (AvgIpc) is 3.54. The molecule has 0 spiro atoms. The van der Waals surface area contributed by atoms with Crippen molar-refractivity contribution in [1.82, 2.24) is 19.8 Å². The zero-order chi connectivity index (χ0) is 43.5. The van der Waals surface area contributed by atoms with Gasteiger partial charge in [0.2, 0.25) is 17.2 Å². The summed E-state index contributed by atoms with van der Waals surface area (Å²) < 4.78 is 15.7.